The van der Waals surface area contributed by atoms with Gasteiger partial charge in [-0.15, -0.1) is 0 Å². The van der Waals surface area contributed by atoms with E-state index in [1.54, 1.807) is 41.5 Å². The predicted octanol–water partition coefficient (Wildman–Crippen LogP) is 23.7. The number of halogens is 34. The molecule has 0 aliphatic rings. The second-order valence-corrected chi connectivity index (χ2v) is 34.9. The first kappa shape index (κ1) is 97.8. The van der Waals surface area contributed by atoms with E-state index in [-0.39, 0.29) is 22.0 Å². The Hall–Kier alpha value is -4.20. The molecule has 0 aliphatic carbocycles. The predicted molar refractivity (Wildman–Crippen MR) is 315 cm³/mol. The van der Waals surface area contributed by atoms with Crippen molar-refractivity contribution in [3.8, 4) is 0 Å². The smallest absolute Gasteiger partial charge is 0.281 e. The third-order valence-corrected chi connectivity index (χ3v) is 19.1. The lowest BCUT2D eigenvalue weighted by molar-refractivity contribution is -0.455. The van der Waals surface area contributed by atoms with Gasteiger partial charge in [-0.3, -0.25) is 9.11 Å². The number of benzene rings is 3. The first-order valence-corrected chi connectivity index (χ1v) is 33.2. The summed E-state index contributed by atoms with van der Waals surface area (Å²) in [5, 5.41) is -29.1. The Bertz CT molecular complexity index is 3790. The number of hydrogen-bond acceptors (Lipinski definition) is 6. The SMILES string of the molecule is CC(C)(C)c1ccc(SC(F)(F)C(F)(F)C(F)(F)C(F)(F)C(F)(F)C(F)(F)C(F)(F)C(F)(F)C(F)(F)S(=O)(=O)O)c(C(C)(C)C)c1.CC(C)(C)c1ccc(SC(F)(F)C(F)(F)C(F)(F)C(F)(F)C(F)(F)C(F)(F)C(F)(F)C(F)(F)S(=O)(=O)O)c(C(C)(C)C)c1.Cc1ccc(C(C)(C)C)cc1C(C)(C)C. The van der Waals surface area contributed by atoms with Gasteiger partial charge in [0, 0.05) is 9.79 Å². The molecule has 0 spiro atoms. The highest BCUT2D eigenvalue weighted by Crippen LogP contribution is 2.69. The van der Waals surface area contributed by atoms with Crippen molar-refractivity contribution >= 4 is 43.8 Å². The monoisotopic (exact) mass is 1660 g/mol. The van der Waals surface area contributed by atoms with Crippen LogP contribution in [0.4, 0.5) is 149 Å². The van der Waals surface area contributed by atoms with Gasteiger partial charge in [-0.25, -0.2) is 0 Å². The molecule has 0 amide bonds. The Labute approximate surface area is 582 Å². The van der Waals surface area contributed by atoms with E-state index in [1.165, 1.54) is 58.2 Å². The fourth-order valence-electron chi connectivity index (χ4n) is 8.47. The fraction of sp³-hybridized carbons (Fsp3) is 0.700. The standard InChI is InChI=1S/C23H22F18O3S2.C22H22F16O3S2.C15H24/c1-13(2,3)10-7-8-12(11(9-10)14(4,5)6)45-22(38,39)20(34,35)18(30,31)16(26,27)15(24,25)17(28,29)19(32,33)21(36,37)23(40,41)46(42,43)44;1-13(2,3)10-7-8-12(11(9-10)14(4,5)6)42-21(35,36)19(31,32)17(27,28)15(23,24)16(25,26)18(29,30)20(33,34)22(37,38)43(39,40)41;1-11-8-9-12(14(2,3)4)10-13(11)15(5,6)7/h7-9H,1-6H3,(H,42,43,44);7-9H,1-6H3,(H,39,40,41);8-10H,1-7H3. The molecule has 0 saturated heterocycles. The van der Waals surface area contributed by atoms with Gasteiger partial charge >= 0.3 is 118 Å². The summed E-state index contributed by atoms with van der Waals surface area (Å²) in [5.41, 5.74) is 0.612. The van der Waals surface area contributed by atoms with Gasteiger partial charge in [-0.1, -0.05) is 167 Å². The van der Waals surface area contributed by atoms with Crippen molar-refractivity contribution in [3.05, 3.63) is 93.5 Å². The van der Waals surface area contributed by atoms with Gasteiger partial charge in [-0.05, 0) is 114 Å². The molecule has 3 aromatic carbocycles. The second kappa shape index (κ2) is 28.0. The molecule has 0 unspecified atom stereocenters. The number of thioether (sulfide) groups is 2. The van der Waals surface area contributed by atoms with Crippen LogP contribution in [0.2, 0.25) is 0 Å². The van der Waals surface area contributed by atoms with Crippen molar-refractivity contribution < 1.29 is 175 Å². The maximum atomic E-state index is 14.7. The molecule has 0 saturated carbocycles. The van der Waals surface area contributed by atoms with Crippen LogP contribution in [0.25, 0.3) is 0 Å². The number of alkyl halides is 34. The molecule has 0 heterocycles. The van der Waals surface area contributed by atoms with E-state index in [4.69, 9.17) is 9.11 Å². The Kier molecular flexibility index (Phi) is 26.3. The number of aryl methyl sites for hydroxylation is 1. The lowest BCUT2D eigenvalue weighted by Crippen LogP contribution is -2.76. The minimum Gasteiger partial charge on any atom is -0.281 e. The van der Waals surface area contributed by atoms with Gasteiger partial charge in [0.1, 0.15) is 0 Å². The van der Waals surface area contributed by atoms with Crippen molar-refractivity contribution in [2.75, 3.05) is 0 Å². The summed E-state index contributed by atoms with van der Waals surface area (Å²) in [5.74, 6) is -112. The Morgan fingerprint density at radius 1 is 0.250 bits per heavy atom. The lowest BCUT2D eigenvalue weighted by atomic mass is 9.79. The third-order valence-electron chi connectivity index (χ3n) is 15.1. The average molecular weight is 1660 g/mol. The van der Waals surface area contributed by atoms with Crippen LogP contribution in [0.5, 0.6) is 0 Å². The van der Waals surface area contributed by atoms with Crippen LogP contribution < -0.4 is 0 Å². The van der Waals surface area contributed by atoms with Gasteiger partial charge in [0.05, 0.1) is 0 Å². The van der Waals surface area contributed by atoms with Gasteiger partial charge in [0.25, 0.3) is 0 Å². The molecule has 0 bridgehead atoms. The first-order valence-electron chi connectivity index (χ1n) is 28.6. The molecule has 606 valence electrons. The minimum atomic E-state index is -9.07. The number of rotatable bonds is 21. The van der Waals surface area contributed by atoms with Crippen LogP contribution in [0.1, 0.15) is 164 Å². The molecule has 0 fully saturated rings. The van der Waals surface area contributed by atoms with Crippen LogP contribution in [0.3, 0.4) is 0 Å². The highest BCUT2D eigenvalue weighted by molar-refractivity contribution is 8.00. The molecule has 3 aromatic rings. The molecule has 0 radical (unpaired) electrons. The average Bonchev–Trinajstić information content (AvgIpc) is 0.692. The zero-order valence-electron chi connectivity index (χ0n) is 57.2. The Balaban J connectivity index is 0.000000867. The van der Waals surface area contributed by atoms with E-state index in [1.807, 2.05) is 0 Å². The highest BCUT2D eigenvalue weighted by atomic mass is 32.2. The molecular formula is C60H68F34O6S4. The molecule has 6 nitrogen and oxygen atoms in total. The molecule has 0 aliphatic heterocycles. The summed E-state index contributed by atoms with van der Waals surface area (Å²) >= 11 is -3.30. The van der Waals surface area contributed by atoms with E-state index in [9.17, 15) is 166 Å². The van der Waals surface area contributed by atoms with Crippen LogP contribution >= 0.6 is 23.5 Å². The van der Waals surface area contributed by atoms with Crippen LogP contribution in [-0.4, -0.2) is 124 Å². The molecule has 0 atom stereocenters. The molecule has 3 rings (SSSR count). The first-order chi connectivity index (χ1) is 44.5. The summed E-state index contributed by atoms with van der Waals surface area (Å²) in [4.78, 5) is -2.12. The summed E-state index contributed by atoms with van der Waals surface area (Å²) in [6, 6.07) is 12.3. The molecule has 0 aromatic heterocycles. The largest absolute Gasteiger partial charge is 0.438 e. The quantitative estimate of drug-likeness (QED) is 0.0617. The van der Waals surface area contributed by atoms with E-state index in [0.29, 0.717) is 23.3 Å². The van der Waals surface area contributed by atoms with Gasteiger partial charge in [0.15, 0.2) is 0 Å². The second-order valence-electron chi connectivity index (χ2n) is 29.6. The molecule has 2 N–H and O–H groups in total. The van der Waals surface area contributed by atoms with Crippen LogP contribution in [-0.2, 0) is 52.7 Å². The van der Waals surface area contributed by atoms with Gasteiger partial charge < -0.3 is 0 Å². The summed E-state index contributed by atoms with van der Waals surface area (Å²) < 4.78 is 534. The van der Waals surface area contributed by atoms with Crippen LogP contribution in [0, 0.1) is 6.92 Å². The fourth-order valence-corrected chi connectivity index (χ4v) is 11.7. The molecular weight excluding hydrogens is 1590 g/mol. The zero-order chi connectivity index (χ0) is 84.5. The maximum absolute atomic E-state index is 14.7. The lowest BCUT2D eigenvalue weighted by Gasteiger charge is -2.44. The molecule has 44 heteroatoms. The summed E-state index contributed by atoms with van der Waals surface area (Å²) in [7, 11) is -15.9. The van der Waals surface area contributed by atoms with Gasteiger partial charge in [0.2, 0.25) is 0 Å². The van der Waals surface area contributed by atoms with Crippen molar-refractivity contribution in [1.82, 2.24) is 0 Å². The summed E-state index contributed by atoms with van der Waals surface area (Å²) in [6.45, 7) is 33.0. The maximum Gasteiger partial charge on any atom is 0.438 e. The van der Waals surface area contributed by atoms with Crippen molar-refractivity contribution in [1.29, 1.82) is 0 Å². The normalized spacial score (nSPS) is 15.7. The van der Waals surface area contributed by atoms with E-state index < -0.39 is 173 Å². The van der Waals surface area contributed by atoms with E-state index >= 15 is 0 Å². The van der Waals surface area contributed by atoms with E-state index in [0.717, 1.165) is 24.3 Å². The highest BCUT2D eigenvalue weighted by Gasteiger charge is 2.99. The minimum absolute atomic E-state index is 0.241. The topological polar surface area (TPSA) is 109 Å². The number of hydrogen-bond donors (Lipinski definition) is 2. The summed E-state index contributed by atoms with van der Waals surface area (Å²) in [6.07, 6.45) is 0. The van der Waals surface area contributed by atoms with Crippen molar-refractivity contribution in [2.24, 2.45) is 0 Å². The van der Waals surface area contributed by atoms with Gasteiger partial charge in [-0.2, -0.15) is 166 Å². The zero-order valence-corrected chi connectivity index (χ0v) is 60.5. The van der Waals surface area contributed by atoms with Crippen molar-refractivity contribution in [2.45, 2.75) is 272 Å². The third kappa shape index (κ3) is 16.8. The molecule has 104 heavy (non-hydrogen) atoms. The van der Waals surface area contributed by atoms with E-state index in [2.05, 4.69) is 66.7 Å². The van der Waals surface area contributed by atoms with Crippen LogP contribution in [0.15, 0.2) is 64.4 Å². The Morgan fingerprint density at radius 3 is 0.606 bits per heavy atom. The Morgan fingerprint density at radius 2 is 0.423 bits per heavy atom. The van der Waals surface area contributed by atoms with Crippen molar-refractivity contribution in [3.63, 3.8) is 0 Å².